The molecule has 2 rings (SSSR count). The van der Waals surface area contributed by atoms with Crippen LogP contribution >= 0.6 is 0 Å². The van der Waals surface area contributed by atoms with E-state index >= 15 is 0 Å². The molecule has 5 heteroatoms. The summed E-state index contributed by atoms with van der Waals surface area (Å²) in [5.41, 5.74) is 1.48. The monoisotopic (exact) mass is 236 g/mol. The first-order valence-corrected chi connectivity index (χ1v) is 6.04. The number of nitrogens with one attached hydrogen (secondary N) is 2. The number of hydrogen-bond acceptors (Lipinski definition) is 3. The molecule has 1 amide bonds. The molecule has 1 aromatic rings. The molecule has 2 N–H and O–H groups in total. The van der Waals surface area contributed by atoms with E-state index in [2.05, 4.69) is 22.7 Å². The summed E-state index contributed by atoms with van der Waals surface area (Å²) >= 11 is 0. The van der Waals surface area contributed by atoms with E-state index in [1.165, 1.54) is 0 Å². The van der Waals surface area contributed by atoms with Gasteiger partial charge in [0.15, 0.2) is 0 Å². The minimum atomic E-state index is -0.0926. The summed E-state index contributed by atoms with van der Waals surface area (Å²) in [5.74, 6) is -0.0139. The van der Waals surface area contributed by atoms with Gasteiger partial charge in [0.05, 0.1) is 11.8 Å². The number of carbonyl (C=O) groups is 1. The Hall–Kier alpha value is -1.36. The standard InChI is InChI=1S/C12H20N4O/c1-9-10(8-14-16(9)3)11(17)15-12(2)4-6-13-7-5-12/h8,13H,4-7H2,1-3H3,(H,15,17). The molecule has 0 unspecified atom stereocenters. The Labute approximate surface area is 102 Å². The second kappa shape index (κ2) is 4.49. The van der Waals surface area contributed by atoms with Gasteiger partial charge in [-0.15, -0.1) is 0 Å². The third kappa shape index (κ3) is 2.49. The van der Waals surface area contributed by atoms with Crippen LogP contribution in [0.1, 0.15) is 35.8 Å². The van der Waals surface area contributed by atoms with Crippen LogP contribution in [0.4, 0.5) is 0 Å². The quantitative estimate of drug-likeness (QED) is 0.790. The summed E-state index contributed by atoms with van der Waals surface area (Å²) < 4.78 is 1.72. The molecule has 0 spiro atoms. The Morgan fingerprint density at radius 2 is 2.18 bits per heavy atom. The van der Waals surface area contributed by atoms with Gasteiger partial charge in [-0.2, -0.15) is 5.10 Å². The Morgan fingerprint density at radius 3 is 2.71 bits per heavy atom. The van der Waals surface area contributed by atoms with E-state index in [1.807, 2.05) is 14.0 Å². The van der Waals surface area contributed by atoms with Crippen LogP contribution in [-0.4, -0.2) is 34.3 Å². The van der Waals surface area contributed by atoms with Gasteiger partial charge in [-0.25, -0.2) is 0 Å². The Balaban J connectivity index is 2.08. The molecule has 1 aromatic heterocycles. The van der Waals surface area contributed by atoms with E-state index in [9.17, 15) is 4.79 Å². The summed E-state index contributed by atoms with van der Waals surface area (Å²) in [6, 6.07) is 0. The molecule has 0 bridgehead atoms. The van der Waals surface area contributed by atoms with E-state index < -0.39 is 0 Å². The van der Waals surface area contributed by atoms with Crippen molar-refractivity contribution in [2.75, 3.05) is 13.1 Å². The molecule has 0 atom stereocenters. The van der Waals surface area contributed by atoms with Crippen molar-refractivity contribution in [2.24, 2.45) is 7.05 Å². The van der Waals surface area contributed by atoms with Crippen molar-refractivity contribution in [2.45, 2.75) is 32.2 Å². The molecule has 0 saturated carbocycles. The van der Waals surface area contributed by atoms with Crippen LogP contribution in [0.5, 0.6) is 0 Å². The number of aromatic nitrogens is 2. The van der Waals surface area contributed by atoms with Gasteiger partial charge >= 0.3 is 0 Å². The number of piperidine rings is 1. The van der Waals surface area contributed by atoms with Crippen LogP contribution in [0, 0.1) is 6.92 Å². The lowest BCUT2D eigenvalue weighted by atomic mass is 9.90. The van der Waals surface area contributed by atoms with E-state index in [4.69, 9.17) is 0 Å². The fraction of sp³-hybridized carbons (Fsp3) is 0.667. The average molecular weight is 236 g/mol. The largest absolute Gasteiger partial charge is 0.347 e. The first kappa shape index (κ1) is 12.1. The van der Waals surface area contributed by atoms with Crippen LogP contribution in [0.3, 0.4) is 0 Å². The Bertz CT molecular complexity index is 418. The van der Waals surface area contributed by atoms with Gasteiger partial charge in [-0.1, -0.05) is 0 Å². The minimum absolute atomic E-state index is 0.0139. The molecule has 2 heterocycles. The lowest BCUT2D eigenvalue weighted by Crippen LogP contribution is -2.52. The Kier molecular flexibility index (Phi) is 3.19. The highest BCUT2D eigenvalue weighted by Crippen LogP contribution is 2.18. The fourth-order valence-electron chi connectivity index (χ4n) is 2.17. The SMILES string of the molecule is Cc1c(C(=O)NC2(C)CCNCC2)cnn1C. The maximum absolute atomic E-state index is 12.2. The highest BCUT2D eigenvalue weighted by Gasteiger charge is 2.29. The number of aryl methyl sites for hydroxylation is 1. The number of rotatable bonds is 2. The summed E-state index contributed by atoms with van der Waals surface area (Å²) in [6.07, 6.45) is 3.57. The summed E-state index contributed by atoms with van der Waals surface area (Å²) in [6.45, 7) is 5.94. The summed E-state index contributed by atoms with van der Waals surface area (Å²) in [4.78, 5) is 12.2. The maximum atomic E-state index is 12.2. The summed E-state index contributed by atoms with van der Waals surface area (Å²) in [5, 5.41) is 10.5. The molecule has 5 nitrogen and oxygen atoms in total. The van der Waals surface area contributed by atoms with Gasteiger partial charge in [0.25, 0.3) is 5.91 Å². The highest BCUT2D eigenvalue weighted by atomic mass is 16.1. The maximum Gasteiger partial charge on any atom is 0.255 e. The smallest absolute Gasteiger partial charge is 0.255 e. The lowest BCUT2D eigenvalue weighted by Gasteiger charge is -2.34. The van der Waals surface area contributed by atoms with E-state index in [-0.39, 0.29) is 11.4 Å². The van der Waals surface area contributed by atoms with Crippen molar-refractivity contribution in [1.82, 2.24) is 20.4 Å². The number of nitrogens with zero attached hydrogens (tertiary/aromatic N) is 2. The van der Waals surface area contributed by atoms with Gasteiger partial charge in [0, 0.05) is 18.3 Å². The molecule has 0 radical (unpaired) electrons. The number of amides is 1. The normalized spacial score (nSPS) is 19.0. The molecule has 0 aromatic carbocycles. The van der Waals surface area contributed by atoms with Crippen molar-refractivity contribution < 1.29 is 4.79 Å². The molecule has 1 fully saturated rings. The van der Waals surface area contributed by atoms with Gasteiger partial charge in [0.1, 0.15) is 0 Å². The lowest BCUT2D eigenvalue weighted by molar-refractivity contribution is 0.0887. The zero-order chi connectivity index (χ0) is 12.5. The van der Waals surface area contributed by atoms with Crippen LogP contribution in [0.15, 0.2) is 6.20 Å². The van der Waals surface area contributed by atoms with Crippen LogP contribution in [0.25, 0.3) is 0 Å². The van der Waals surface area contributed by atoms with Gasteiger partial charge in [0.2, 0.25) is 0 Å². The second-order valence-electron chi connectivity index (χ2n) is 5.03. The summed E-state index contributed by atoms with van der Waals surface area (Å²) in [7, 11) is 1.85. The van der Waals surface area contributed by atoms with Crippen molar-refractivity contribution in [3.05, 3.63) is 17.5 Å². The predicted octanol–water partition coefficient (Wildman–Crippen LogP) is 0.600. The molecule has 1 aliphatic rings. The van der Waals surface area contributed by atoms with Crippen molar-refractivity contribution in [3.8, 4) is 0 Å². The topological polar surface area (TPSA) is 59.0 Å². The second-order valence-corrected chi connectivity index (χ2v) is 5.03. The van der Waals surface area contributed by atoms with Crippen LogP contribution in [-0.2, 0) is 7.05 Å². The van der Waals surface area contributed by atoms with Crippen molar-refractivity contribution in [3.63, 3.8) is 0 Å². The molecular formula is C12H20N4O. The van der Waals surface area contributed by atoms with Crippen LogP contribution in [0.2, 0.25) is 0 Å². The molecule has 0 aliphatic carbocycles. The van der Waals surface area contributed by atoms with Crippen molar-refractivity contribution >= 4 is 5.91 Å². The van der Waals surface area contributed by atoms with Gasteiger partial charge in [-0.05, 0) is 39.8 Å². The molecule has 17 heavy (non-hydrogen) atoms. The van der Waals surface area contributed by atoms with E-state index in [1.54, 1.807) is 10.9 Å². The first-order valence-electron chi connectivity index (χ1n) is 6.04. The molecule has 94 valence electrons. The van der Waals surface area contributed by atoms with E-state index in [0.717, 1.165) is 31.6 Å². The van der Waals surface area contributed by atoms with E-state index in [0.29, 0.717) is 5.56 Å². The van der Waals surface area contributed by atoms with Crippen LogP contribution < -0.4 is 10.6 Å². The highest BCUT2D eigenvalue weighted by molar-refractivity contribution is 5.95. The molecule has 1 saturated heterocycles. The minimum Gasteiger partial charge on any atom is -0.347 e. The third-order valence-corrected chi connectivity index (χ3v) is 3.60. The number of hydrogen-bond donors (Lipinski definition) is 2. The van der Waals surface area contributed by atoms with Gasteiger partial charge in [-0.3, -0.25) is 9.48 Å². The first-order chi connectivity index (χ1) is 8.02. The van der Waals surface area contributed by atoms with Gasteiger partial charge < -0.3 is 10.6 Å². The van der Waals surface area contributed by atoms with Crippen molar-refractivity contribution in [1.29, 1.82) is 0 Å². The zero-order valence-electron chi connectivity index (χ0n) is 10.7. The third-order valence-electron chi connectivity index (χ3n) is 3.60. The zero-order valence-corrected chi connectivity index (χ0v) is 10.7. The number of carbonyl (C=O) groups excluding carboxylic acids is 1. The average Bonchev–Trinajstić information content (AvgIpc) is 2.60. The predicted molar refractivity (Wildman–Crippen MR) is 65.9 cm³/mol. The fourth-order valence-corrected chi connectivity index (χ4v) is 2.17. The molecular weight excluding hydrogens is 216 g/mol. The molecule has 1 aliphatic heterocycles. The Morgan fingerprint density at radius 1 is 1.53 bits per heavy atom.